The summed E-state index contributed by atoms with van der Waals surface area (Å²) in [5.74, 6) is -1.17. The second-order valence-electron chi connectivity index (χ2n) is 4.96. The Kier molecular flexibility index (Phi) is 4.55. The maximum Gasteiger partial charge on any atom is 0.348 e. The van der Waals surface area contributed by atoms with Gasteiger partial charge in [0, 0.05) is 10.4 Å². The third kappa shape index (κ3) is 3.13. The van der Waals surface area contributed by atoms with Crippen molar-refractivity contribution >= 4 is 45.1 Å². The molecule has 2 heterocycles. The van der Waals surface area contributed by atoms with E-state index >= 15 is 0 Å². The lowest BCUT2D eigenvalue weighted by Gasteiger charge is -2.02. The number of aromatic nitrogens is 2. The van der Waals surface area contributed by atoms with Gasteiger partial charge in [0.25, 0.3) is 0 Å². The molecule has 0 fully saturated rings. The molecular formula is C16H13ClN2O4S. The first-order chi connectivity index (χ1) is 11.5. The van der Waals surface area contributed by atoms with Crippen LogP contribution in [0.3, 0.4) is 0 Å². The normalized spacial score (nSPS) is 10.8. The highest BCUT2D eigenvalue weighted by Crippen LogP contribution is 2.31. The molecule has 0 spiro atoms. The molecule has 8 heteroatoms. The van der Waals surface area contributed by atoms with Gasteiger partial charge in [-0.05, 0) is 37.3 Å². The Morgan fingerprint density at radius 1 is 1.29 bits per heavy atom. The van der Waals surface area contributed by atoms with Crippen LogP contribution in [0.1, 0.15) is 15.4 Å². The zero-order valence-corrected chi connectivity index (χ0v) is 14.5. The highest BCUT2D eigenvalue weighted by molar-refractivity contribution is 7.20. The standard InChI is InChI=1S/C16H13ClN2O4S/c1-9-12-7-13(16(21)23-8-14(20)22-2)24-15(12)19(18-9)11-5-3-10(17)4-6-11/h3-7H,8H2,1-2H3. The Balaban J connectivity index is 1.94. The fourth-order valence-electron chi connectivity index (χ4n) is 2.16. The van der Waals surface area contributed by atoms with Crippen molar-refractivity contribution in [3.63, 3.8) is 0 Å². The molecule has 0 radical (unpaired) electrons. The van der Waals surface area contributed by atoms with Gasteiger partial charge in [-0.25, -0.2) is 14.3 Å². The number of hydrogen-bond acceptors (Lipinski definition) is 6. The number of methoxy groups -OCH3 is 1. The summed E-state index contributed by atoms with van der Waals surface area (Å²) in [7, 11) is 1.24. The third-order valence-corrected chi connectivity index (χ3v) is 4.71. The van der Waals surface area contributed by atoms with E-state index in [1.54, 1.807) is 22.9 Å². The fraction of sp³-hybridized carbons (Fsp3) is 0.188. The monoisotopic (exact) mass is 364 g/mol. The molecule has 6 nitrogen and oxygen atoms in total. The van der Waals surface area contributed by atoms with E-state index in [-0.39, 0.29) is 0 Å². The van der Waals surface area contributed by atoms with Gasteiger partial charge in [0.1, 0.15) is 9.71 Å². The number of aryl methyl sites for hydroxylation is 1. The maximum absolute atomic E-state index is 12.1. The van der Waals surface area contributed by atoms with Gasteiger partial charge in [-0.15, -0.1) is 11.3 Å². The lowest BCUT2D eigenvalue weighted by Crippen LogP contribution is -2.14. The summed E-state index contributed by atoms with van der Waals surface area (Å²) in [6.45, 7) is 1.46. The first kappa shape index (κ1) is 16.5. The first-order valence-corrected chi connectivity index (χ1v) is 8.18. The Labute approximate surface area is 146 Å². The van der Waals surface area contributed by atoms with Crippen molar-refractivity contribution in [1.82, 2.24) is 9.78 Å². The second-order valence-corrected chi connectivity index (χ2v) is 6.42. The maximum atomic E-state index is 12.1. The smallest absolute Gasteiger partial charge is 0.348 e. The number of carbonyl (C=O) groups is 2. The van der Waals surface area contributed by atoms with Crippen molar-refractivity contribution in [1.29, 1.82) is 0 Å². The van der Waals surface area contributed by atoms with Crippen LogP contribution in [0.2, 0.25) is 5.02 Å². The quantitative estimate of drug-likeness (QED) is 0.664. The molecule has 0 atom stereocenters. The highest BCUT2D eigenvalue weighted by Gasteiger charge is 2.19. The van der Waals surface area contributed by atoms with Crippen LogP contribution in [0.25, 0.3) is 15.9 Å². The molecule has 0 amide bonds. The minimum atomic E-state index is -0.604. The van der Waals surface area contributed by atoms with E-state index in [1.165, 1.54) is 18.4 Å². The Hall–Kier alpha value is -2.38. The number of halogens is 1. The summed E-state index contributed by atoms with van der Waals surface area (Å²) in [4.78, 5) is 24.4. The number of fused-ring (bicyclic) bond motifs is 1. The van der Waals surface area contributed by atoms with Gasteiger partial charge in [0.15, 0.2) is 6.61 Å². The summed E-state index contributed by atoms with van der Waals surface area (Å²) >= 11 is 7.17. The van der Waals surface area contributed by atoms with Crippen molar-refractivity contribution < 1.29 is 19.1 Å². The minimum absolute atomic E-state index is 0.400. The fourth-order valence-corrected chi connectivity index (χ4v) is 3.36. The van der Waals surface area contributed by atoms with E-state index < -0.39 is 18.5 Å². The Bertz CT molecular complexity index is 914. The van der Waals surface area contributed by atoms with Gasteiger partial charge in [0.05, 0.1) is 18.5 Å². The summed E-state index contributed by atoms with van der Waals surface area (Å²) in [5.41, 5.74) is 1.64. The van der Waals surface area contributed by atoms with E-state index in [0.717, 1.165) is 21.6 Å². The predicted molar refractivity (Wildman–Crippen MR) is 91.0 cm³/mol. The number of hydrogen-bond donors (Lipinski definition) is 0. The highest BCUT2D eigenvalue weighted by atomic mass is 35.5. The number of carbonyl (C=O) groups excluding carboxylic acids is 2. The lowest BCUT2D eigenvalue weighted by molar-refractivity contribution is -0.144. The molecule has 1 aromatic carbocycles. The number of benzene rings is 1. The van der Waals surface area contributed by atoms with Crippen molar-refractivity contribution in [2.24, 2.45) is 0 Å². The third-order valence-electron chi connectivity index (χ3n) is 3.37. The molecule has 0 unspecified atom stereocenters. The van der Waals surface area contributed by atoms with Crippen LogP contribution in [0, 0.1) is 6.92 Å². The van der Waals surface area contributed by atoms with Crippen LogP contribution in [0.15, 0.2) is 30.3 Å². The summed E-state index contributed by atoms with van der Waals surface area (Å²) in [6, 6.07) is 8.97. The van der Waals surface area contributed by atoms with Gasteiger partial charge in [-0.1, -0.05) is 11.6 Å². The van der Waals surface area contributed by atoms with Crippen molar-refractivity contribution in [3.05, 3.63) is 45.9 Å². The first-order valence-electron chi connectivity index (χ1n) is 6.98. The number of ether oxygens (including phenoxy) is 2. The summed E-state index contributed by atoms with van der Waals surface area (Å²) in [6.07, 6.45) is 0. The van der Waals surface area contributed by atoms with Crippen LogP contribution in [0.4, 0.5) is 0 Å². The minimum Gasteiger partial charge on any atom is -0.466 e. The number of nitrogens with zero attached hydrogens (tertiary/aromatic N) is 2. The van der Waals surface area contributed by atoms with Crippen LogP contribution in [-0.2, 0) is 14.3 Å². The van der Waals surface area contributed by atoms with Gasteiger partial charge < -0.3 is 9.47 Å². The number of thiophene rings is 1. The zero-order valence-electron chi connectivity index (χ0n) is 12.9. The van der Waals surface area contributed by atoms with E-state index in [0.29, 0.717) is 9.90 Å². The summed E-state index contributed by atoms with van der Waals surface area (Å²) in [5, 5.41) is 5.99. The molecule has 3 aromatic rings. The van der Waals surface area contributed by atoms with Gasteiger partial charge >= 0.3 is 11.9 Å². The molecular weight excluding hydrogens is 352 g/mol. The van der Waals surface area contributed by atoms with E-state index in [9.17, 15) is 9.59 Å². The average molecular weight is 365 g/mol. The van der Waals surface area contributed by atoms with E-state index in [1.807, 2.05) is 19.1 Å². The van der Waals surface area contributed by atoms with Crippen LogP contribution in [0.5, 0.6) is 0 Å². The molecule has 24 heavy (non-hydrogen) atoms. The van der Waals surface area contributed by atoms with Crippen molar-refractivity contribution in [2.75, 3.05) is 13.7 Å². The predicted octanol–water partition coefficient (Wildman–Crippen LogP) is 3.38. The second kappa shape index (κ2) is 6.62. The molecule has 0 aliphatic rings. The van der Waals surface area contributed by atoms with Gasteiger partial charge in [0.2, 0.25) is 0 Å². The van der Waals surface area contributed by atoms with Crippen molar-refractivity contribution in [3.8, 4) is 5.69 Å². The average Bonchev–Trinajstić information content (AvgIpc) is 3.14. The van der Waals surface area contributed by atoms with Crippen molar-refractivity contribution in [2.45, 2.75) is 6.92 Å². The lowest BCUT2D eigenvalue weighted by atomic mass is 10.3. The summed E-state index contributed by atoms with van der Waals surface area (Å²) < 4.78 is 11.1. The Morgan fingerprint density at radius 3 is 2.67 bits per heavy atom. The molecule has 0 aliphatic carbocycles. The topological polar surface area (TPSA) is 70.4 Å². The number of esters is 2. The van der Waals surface area contributed by atoms with Crippen LogP contribution >= 0.6 is 22.9 Å². The van der Waals surface area contributed by atoms with Crippen LogP contribution < -0.4 is 0 Å². The molecule has 124 valence electrons. The van der Waals surface area contributed by atoms with Gasteiger partial charge in [-0.2, -0.15) is 5.10 Å². The molecule has 0 saturated carbocycles. The Morgan fingerprint density at radius 2 is 2.00 bits per heavy atom. The largest absolute Gasteiger partial charge is 0.466 e. The van der Waals surface area contributed by atoms with E-state index in [4.69, 9.17) is 16.3 Å². The number of rotatable bonds is 4. The molecule has 3 rings (SSSR count). The zero-order chi connectivity index (χ0) is 17.3. The van der Waals surface area contributed by atoms with E-state index in [2.05, 4.69) is 9.84 Å². The van der Waals surface area contributed by atoms with Crippen LogP contribution in [-0.4, -0.2) is 35.4 Å². The van der Waals surface area contributed by atoms with Gasteiger partial charge in [-0.3, -0.25) is 0 Å². The molecule has 0 N–H and O–H groups in total. The SMILES string of the molecule is COC(=O)COC(=O)c1cc2c(C)nn(-c3ccc(Cl)cc3)c2s1. The molecule has 2 aromatic heterocycles. The molecule has 0 saturated heterocycles. The molecule has 0 aliphatic heterocycles. The molecule has 0 bridgehead atoms.